The van der Waals surface area contributed by atoms with Gasteiger partial charge in [-0.1, -0.05) is 43.7 Å². The quantitative estimate of drug-likeness (QED) is 0.291. The third-order valence-corrected chi connectivity index (χ3v) is 5.96. The minimum Gasteiger partial charge on any atom is -0.494 e. The SMILES string of the molecule is CCN(CC)Cc1ccc(N=Cc2c(O)[nH]c(=O)c3ccc(Nc4ccc(C)cc4)cc23)cc1. The Hall–Kier alpha value is -3.90. The third-order valence-electron chi connectivity index (χ3n) is 5.96. The average Bonchev–Trinajstić information content (AvgIpc) is 2.84. The van der Waals surface area contributed by atoms with E-state index in [0.717, 1.165) is 36.7 Å². The first-order valence-electron chi connectivity index (χ1n) is 11.5. The van der Waals surface area contributed by atoms with Crippen molar-refractivity contribution in [3.8, 4) is 5.88 Å². The number of aromatic hydroxyl groups is 1. The van der Waals surface area contributed by atoms with Gasteiger partial charge in [0.2, 0.25) is 5.88 Å². The van der Waals surface area contributed by atoms with Crippen LogP contribution in [0.4, 0.5) is 17.1 Å². The molecular weight excluding hydrogens is 424 g/mol. The summed E-state index contributed by atoms with van der Waals surface area (Å²) in [6.07, 6.45) is 1.60. The first kappa shape index (κ1) is 23.3. The summed E-state index contributed by atoms with van der Waals surface area (Å²) in [6, 6.07) is 21.6. The molecule has 0 atom stereocenters. The van der Waals surface area contributed by atoms with E-state index in [1.54, 1.807) is 12.3 Å². The first-order valence-corrected chi connectivity index (χ1v) is 11.5. The molecule has 0 unspecified atom stereocenters. The Labute approximate surface area is 199 Å². The number of pyridine rings is 1. The van der Waals surface area contributed by atoms with Crippen molar-refractivity contribution in [3.05, 3.63) is 93.8 Å². The number of hydrogen-bond acceptors (Lipinski definition) is 5. The van der Waals surface area contributed by atoms with Gasteiger partial charge in [0.1, 0.15) is 0 Å². The molecule has 0 saturated heterocycles. The van der Waals surface area contributed by atoms with Crippen LogP contribution in [0.5, 0.6) is 5.88 Å². The minimum atomic E-state index is -0.340. The molecule has 0 fully saturated rings. The van der Waals surface area contributed by atoms with Crippen LogP contribution in [-0.2, 0) is 6.54 Å². The zero-order valence-corrected chi connectivity index (χ0v) is 19.8. The molecule has 3 aromatic carbocycles. The number of aliphatic imine (C=N–C) groups is 1. The summed E-state index contributed by atoms with van der Waals surface area (Å²) in [5, 5.41) is 15.0. The van der Waals surface area contributed by atoms with Gasteiger partial charge in [0.05, 0.1) is 11.3 Å². The van der Waals surface area contributed by atoms with Crippen molar-refractivity contribution >= 4 is 34.0 Å². The highest BCUT2D eigenvalue weighted by atomic mass is 16.3. The van der Waals surface area contributed by atoms with Crippen LogP contribution in [0.3, 0.4) is 0 Å². The lowest BCUT2D eigenvalue weighted by molar-refractivity contribution is 0.296. The van der Waals surface area contributed by atoms with Gasteiger partial charge in [0.25, 0.3) is 5.56 Å². The van der Waals surface area contributed by atoms with Gasteiger partial charge < -0.3 is 10.4 Å². The number of aryl methyl sites for hydroxylation is 1. The van der Waals surface area contributed by atoms with Crippen LogP contribution in [0.15, 0.2) is 76.5 Å². The Balaban J connectivity index is 1.64. The predicted molar refractivity (Wildman–Crippen MR) is 141 cm³/mol. The smallest absolute Gasteiger partial charge is 0.258 e. The summed E-state index contributed by atoms with van der Waals surface area (Å²) < 4.78 is 0. The summed E-state index contributed by atoms with van der Waals surface area (Å²) >= 11 is 0. The lowest BCUT2D eigenvalue weighted by Gasteiger charge is -2.17. The third kappa shape index (κ3) is 5.35. The number of fused-ring (bicyclic) bond motifs is 1. The molecule has 174 valence electrons. The number of benzene rings is 3. The van der Waals surface area contributed by atoms with Crippen molar-refractivity contribution < 1.29 is 5.11 Å². The molecule has 34 heavy (non-hydrogen) atoms. The van der Waals surface area contributed by atoms with E-state index in [1.807, 2.05) is 55.5 Å². The highest BCUT2D eigenvalue weighted by Gasteiger charge is 2.11. The zero-order valence-electron chi connectivity index (χ0n) is 19.8. The van der Waals surface area contributed by atoms with Gasteiger partial charge in [0.15, 0.2) is 0 Å². The first-order chi connectivity index (χ1) is 16.5. The summed E-state index contributed by atoms with van der Waals surface area (Å²) in [6.45, 7) is 9.28. The summed E-state index contributed by atoms with van der Waals surface area (Å²) in [5.74, 6) is -0.202. The zero-order chi connectivity index (χ0) is 24.1. The number of rotatable bonds is 8. The van der Waals surface area contributed by atoms with Gasteiger partial charge in [0, 0.05) is 34.9 Å². The Kier molecular flexibility index (Phi) is 7.09. The number of nitrogens with zero attached hydrogens (tertiary/aromatic N) is 2. The van der Waals surface area contributed by atoms with Crippen molar-refractivity contribution in [2.75, 3.05) is 18.4 Å². The molecule has 0 saturated carbocycles. The van der Waals surface area contributed by atoms with Crippen LogP contribution in [0.2, 0.25) is 0 Å². The highest BCUT2D eigenvalue weighted by Crippen LogP contribution is 2.27. The van der Waals surface area contributed by atoms with Gasteiger partial charge in [-0.05, 0) is 68.0 Å². The van der Waals surface area contributed by atoms with Gasteiger partial charge in [-0.15, -0.1) is 0 Å². The molecule has 4 aromatic rings. The monoisotopic (exact) mass is 454 g/mol. The van der Waals surface area contributed by atoms with Gasteiger partial charge in [-0.3, -0.25) is 19.7 Å². The second-order valence-corrected chi connectivity index (χ2v) is 8.35. The maximum Gasteiger partial charge on any atom is 0.258 e. The van der Waals surface area contributed by atoms with E-state index >= 15 is 0 Å². The van der Waals surface area contributed by atoms with Crippen molar-refractivity contribution in [2.24, 2.45) is 4.99 Å². The van der Waals surface area contributed by atoms with Crippen LogP contribution in [0, 0.1) is 6.92 Å². The average molecular weight is 455 g/mol. The van der Waals surface area contributed by atoms with Crippen LogP contribution >= 0.6 is 0 Å². The largest absolute Gasteiger partial charge is 0.494 e. The number of aromatic amines is 1. The number of anilines is 2. The Morgan fingerprint density at radius 2 is 1.62 bits per heavy atom. The molecule has 6 heteroatoms. The normalized spacial score (nSPS) is 11.5. The van der Waals surface area contributed by atoms with E-state index in [9.17, 15) is 9.90 Å². The number of hydrogen-bond donors (Lipinski definition) is 3. The van der Waals surface area contributed by atoms with Crippen LogP contribution < -0.4 is 10.9 Å². The van der Waals surface area contributed by atoms with E-state index in [4.69, 9.17) is 0 Å². The van der Waals surface area contributed by atoms with Gasteiger partial charge >= 0.3 is 0 Å². The van der Waals surface area contributed by atoms with Crippen molar-refractivity contribution in [1.29, 1.82) is 0 Å². The summed E-state index contributed by atoms with van der Waals surface area (Å²) in [7, 11) is 0. The standard InChI is InChI=1S/C28H30N4O2/c1-4-32(5-2)18-20-8-12-21(13-9-20)29-17-26-25-16-23(30-22-10-6-19(3)7-11-22)14-15-24(25)27(33)31-28(26)34/h6-17,30H,4-5,18H2,1-3H3,(H2,31,33,34). The van der Waals surface area contributed by atoms with Crippen molar-refractivity contribution in [1.82, 2.24) is 9.88 Å². The topological polar surface area (TPSA) is 80.7 Å². The minimum absolute atomic E-state index is 0.202. The van der Waals surface area contributed by atoms with E-state index in [2.05, 4.69) is 46.2 Å². The number of nitrogens with one attached hydrogen (secondary N) is 2. The Bertz CT molecular complexity index is 1350. The van der Waals surface area contributed by atoms with Crippen molar-refractivity contribution in [3.63, 3.8) is 0 Å². The molecule has 0 aliphatic carbocycles. The highest BCUT2D eigenvalue weighted by molar-refractivity contribution is 6.03. The number of aromatic nitrogens is 1. The van der Waals surface area contributed by atoms with E-state index in [1.165, 1.54) is 11.1 Å². The molecule has 4 rings (SSSR count). The second-order valence-electron chi connectivity index (χ2n) is 8.35. The molecule has 1 heterocycles. The molecule has 0 amide bonds. The maximum atomic E-state index is 12.4. The lowest BCUT2D eigenvalue weighted by atomic mass is 10.1. The molecule has 0 aliphatic rings. The van der Waals surface area contributed by atoms with Gasteiger partial charge in [-0.25, -0.2) is 0 Å². The molecule has 6 nitrogen and oxygen atoms in total. The Morgan fingerprint density at radius 1 is 0.941 bits per heavy atom. The molecule has 1 aromatic heterocycles. The molecule has 3 N–H and O–H groups in total. The lowest BCUT2D eigenvalue weighted by Crippen LogP contribution is -2.21. The maximum absolute atomic E-state index is 12.4. The fourth-order valence-corrected chi connectivity index (χ4v) is 3.88. The van der Waals surface area contributed by atoms with Crippen LogP contribution in [0.1, 0.15) is 30.5 Å². The summed E-state index contributed by atoms with van der Waals surface area (Å²) in [4.78, 5) is 21.9. The van der Waals surface area contributed by atoms with Crippen molar-refractivity contribution in [2.45, 2.75) is 27.3 Å². The molecule has 0 aliphatic heterocycles. The second kappa shape index (κ2) is 10.4. The molecular formula is C28H30N4O2. The van der Waals surface area contributed by atoms with E-state index in [-0.39, 0.29) is 11.4 Å². The predicted octanol–water partition coefficient (Wildman–Crippen LogP) is 5.88. The molecule has 0 bridgehead atoms. The molecule has 0 radical (unpaired) electrons. The Morgan fingerprint density at radius 3 is 2.29 bits per heavy atom. The van der Waals surface area contributed by atoms with Crippen LogP contribution in [-0.4, -0.2) is 34.3 Å². The van der Waals surface area contributed by atoms with Gasteiger partial charge in [-0.2, -0.15) is 0 Å². The van der Waals surface area contributed by atoms with Crippen LogP contribution in [0.25, 0.3) is 10.8 Å². The molecule has 0 spiro atoms. The van der Waals surface area contributed by atoms with E-state index in [0.29, 0.717) is 16.3 Å². The number of H-pyrrole nitrogens is 1. The summed E-state index contributed by atoms with van der Waals surface area (Å²) in [5.41, 5.74) is 5.07. The van der Waals surface area contributed by atoms with E-state index < -0.39 is 0 Å². The fourth-order valence-electron chi connectivity index (χ4n) is 3.88. The fraction of sp³-hybridized carbons (Fsp3) is 0.214.